The van der Waals surface area contributed by atoms with E-state index in [1.54, 1.807) is 0 Å². The van der Waals surface area contributed by atoms with Gasteiger partial charge in [0.15, 0.2) is 0 Å². The molecule has 0 aromatic carbocycles. The maximum absolute atomic E-state index is 5.48. The van der Waals surface area contributed by atoms with Gasteiger partial charge in [0.1, 0.15) is 0 Å². The second kappa shape index (κ2) is 7.70. The van der Waals surface area contributed by atoms with Crippen LogP contribution in [0.1, 0.15) is 34.6 Å². The van der Waals surface area contributed by atoms with Gasteiger partial charge in [-0.1, -0.05) is 25.5 Å². The quantitative estimate of drug-likeness (QED) is 0.540. The summed E-state index contributed by atoms with van der Waals surface area (Å²) in [7, 11) is 0. The maximum atomic E-state index is 5.48. The van der Waals surface area contributed by atoms with E-state index in [2.05, 4.69) is 0 Å². The molecule has 0 fully saturated rings. The van der Waals surface area contributed by atoms with Crippen LogP contribution in [0.5, 0.6) is 0 Å². The lowest BCUT2D eigenvalue weighted by Crippen LogP contribution is -2.15. The molecule has 0 rings (SSSR count). The lowest BCUT2D eigenvalue weighted by molar-refractivity contribution is 0.858. The van der Waals surface area contributed by atoms with Crippen LogP contribution >= 0.6 is 0 Å². The Balaban J connectivity index is 0. The van der Waals surface area contributed by atoms with E-state index in [4.69, 9.17) is 5.73 Å². The third kappa shape index (κ3) is 7.70. The van der Waals surface area contributed by atoms with Crippen LogP contribution in [-0.2, 0) is 0 Å². The molecule has 0 aromatic heterocycles. The van der Waals surface area contributed by atoms with E-state index in [-0.39, 0.29) is 6.04 Å². The summed E-state index contributed by atoms with van der Waals surface area (Å²) >= 11 is 0. The van der Waals surface area contributed by atoms with Gasteiger partial charge in [0.05, 0.1) is 0 Å². The molecule has 0 saturated carbocycles. The molecule has 0 bridgehead atoms. The first-order valence-electron chi connectivity index (χ1n) is 3.57. The van der Waals surface area contributed by atoms with Crippen molar-refractivity contribution < 1.29 is 0 Å². The Morgan fingerprint density at radius 1 is 1.44 bits per heavy atom. The highest BCUT2D eigenvalue weighted by Crippen LogP contribution is 1.94. The van der Waals surface area contributed by atoms with E-state index in [0.717, 1.165) is 0 Å². The zero-order valence-electron chi connectivity index (χ0n) is 7.23. The van der Waals surface area contributed by atoms with Crippen molar-refractivity contribution in [1.29, 1.82) is 0 Å². The Labute approximate surface area is 58.9 Å². The van der Waals surface area contributed by atoms with Crippen LogP contribution in [0.2, 0.25) is 0 Å². The molecule has 1 heteroatoms. The number of rotatable bonds is 1. The van der Waals surface area contributed by atoms with Gasteiger partial charge in [-0.2, -0.15) is 0 Å². The van der Waals surface area contributed by atoms with Crippen LogP contribution < -0.4 is 5.73 Å². The molecular weight excluding hydrogens is 110 g/mol. The van der Waals surface area contributed by atoms with Gasteiger partial charge in [0.25, 0.3) is 0 Å². The SMILES string of the molecule is C/C=C(/C)C(C)N.CC. The Kier molecular flexibility index (Phi) is 9.83. The normalized spacial score (nSPS) is 13.8. The van der Waals surface area contributed by atoms with E-state index >= 15 is 0 Å². The molecule has 9 heavy (non-hydrogen) atoms. The smallest absolute Gasteiger partial charge is 0.0221 e. The van der Waals surface area contributed by atoms with E-state index < -0.39 is 0 Å². The van der Waals surface area contributed by atoms with E-state index in [1.807, 2.05) is 40.7 Å². The minimum Gasteiger partial charge on any atom is -0.324 e. The van der Waals surface area contributed by atoms with Crippen LogP contribution in [0.15, 0.2) is 11.6 Å². The molecule has 1 nitrogen and oxygen atoms in total. The fourth-order valence-corrected chi connectivity index (χ4v) is 0.263. The Morgan fingerprint density at radius 2 is 1.78 bits per heavy atom. The number of hydrogen-bond donors (Lipinski definition) is 1. The van der Waals surface area contributed by atoms with Gasteiger partial charge >= 0.3 is 0 Å². The van der Waals surface area contributed by atoms with Gasteiger partial charge in [-0.05, 0) is 20.8 Å². The van der Waals surface area contributed by atoms with Crippen molar-refractivity contribution in [3.05, 3.63) is 11.6 Å². The lowest BCUT2D eigenvalue weighted by Gasteiger charge is -2.01. The van der Waals surface area contributed by atoms with Crippen LogP contribution in [0.3, 0.4) is 0 Å². The van der Waals surface area contributed by atoms with Crippen LogP contribution in [0, 0.1) is 0 Å². The summed E-state index contributed by atoms with van der Waals surface area (Å²) in [5.74, 6) is 0. The first kappa shape index (κ1) is 11.5. The molecular formula is C8H19N. The molecule has 0 heterocycles. The summed E-state index contributed by atoms with van der Waals surface area (Å²) in [6.45, 7) is 10.0. The second-order valence-corrected chi connectivity index (χ2v) is 1.82. The summed E-state index contributed by atoms with van der Waals surface area (Å²) in [5.41, 5.74) is 6.73. The third-order valence-corrected chi connectivity index (χ3v) is 1.17. The predicted octanol–water partition coefficient (Wildman–Crippen LogP) is 2.33. The lowest BCUT2D eigenvalue weighted by atomic mass is 10.2. The summed E-state index contributed by atoms with van der Waals surface area (Å²) in [5, 5.41) is 0. The molecule has 2 N–H and O–H groups in total. The van der Waals surface area contributed by atoms with Crippen molar-refractivity contribution in [2.24, 2.45) is 5.73 Å². The van der Waals surface area contributed by atoms with Crippen molar-refractivity contribution in [3.63, 3.8) is 0 Å². The average molecular weight is 129 g/mol. The summed E-state index contributed by atoms with van der Waals surface area (Å²) in [4.78, 5) is 0. The first-order chi connectivity index (χ1) is 4.18. The number of allylic oxidation sites excluding steroid dienone is 1. The zero-order valence-corrected chi connectivity index (χ0v) is 7.23. The Bertz CT molecular complexity index is 72.6. The topological polar surface area (TPSA) is 26.0 Å². The van der Waals surface area contributed by atoms with Crippen LogP contribution in [0.25, 0.3) is 0 Å². The Hall–Kier alpha value is -0.300. The number of hydrogen-bond acceptors (Lipinski definition) is 1. The fourth-order valence-electron chi connectivity index (χ4n) is 0.263. The molecule has 1 unspecified atom stereocenters. The molecule has 0 amide bonds. The second-order valence-electron chi connectivity index (χ2n) is 1.82. The third-order valence-electron chi connectivity index (χ3n) is 1.17. The van der Waals surface area contributed by atoms with Crippen molar-refractivity contribution in [3.8, 4) is 0 Å². The predicted molar refractivity (Wildman–Crippen MR) is 44.4 cm³/mol. The molecule has 1 atom stereocenters. The fraction of sp³-hybridized carbons (Fsp3) is 0.750. The van der Waals surface area contributed by atoms with Crippen LogP contribution in [0.4, 0.5) is 0 Å². The monoisotopic (exact) mass is 129 g/mol. The molecule has 56 valence electrons. The van der Waals surface area contributed by atoms with Gasteiger partial charge < -0.3 is 5.73 Å². The van der Waals surface area contributed by atoms with Crippen molar-refractivity contribution in [2.45, 2.75) is 40.7 Å². The molecule has 0 saturated heterocycles. The zero-order chi connectivity index (χ0) is 7.86. The molecule has 0 aliphatic rings. The standard InChI is InChI=1S/C6H13N.C2H6/c1-4-5(2)6(3)7;1-2/h4,6H,7H2,1-3H3;1-2H3/b5-4-;. The highest BCUT2D eigenvalue weighted by molar-refractivity contribution is 5.02. The molecule has 0 aromatic rings. The maximum Gasteiger partial charge on any atom is 0.0221 e. The molecule has 0 aliphatic carbocycles. The van der Waals surface area contributed by atoms with Gasteiger partial charge in [-0.15, -0.1) is 0 Å². The minimum absolute atomic E-state index is 0.227. The highest BCUT2D eigenvalue weighted by Gasteiger charge is 1.90. The van der Waals surface area contributed by atoms with Crippen LogP contribution in [-0.4, -0.2) is 6.04 Å². The summed E-state index contributed by atoms with van der Waals surface area (Å²) in [6, 6.07) is 0.227. The summed E-state index contributed by atoms with van der Waals surface area (Å²) in [6.07, 6.45) is 2.03. The van der Waals surface area contributed by atoms with Crippen molar-refractivity contribution in [1.82, 2.24) is 0 Å². The number of nitrogens with two attached hydrogens (primary N) is 1. The molecule has 0 aliphatic heterocycles. The van der Waals surface area contributed by atoms with E-state index in [9.17, 15) is 0 Å². The summed E-state index contributed by atoms with van der Waals surface area (Å²) < 4.78 is 0. The van der Waals surface area contributed by atoms with Gasteiger partial charge in [0.2, 0.25) is 0 Å². The van der Waals surface area contributed by atoms with Crippen molar-refractivity contribution in [2.75, 3.05) is 0 Å². The van der Waals surface area contributed by atoms with E-state index in [1.165, 1.54) is 5.57 Å². The average Bonchev–Trinajstić information content (AvgIpc) is 1.91. The van der Waals surface area contributed by atoms with Crippen molar-refractivity contribution >= 4 is 0 Å². The Morgan fingerprint density at radius 3 is 1.78 bits per heavy atom. The highest BCUT2D eigenvalue weighted by atomic mass is 14.6. The van der Waals surface area contributed by atoms with Gasteiger partial charge in [-0.3, -0.25) is 0 Å². The minimum atomic E-state index is 0.227. The largest absolute Gasteiger partial charge is 0.324 e. The van der Waals surface area contributed by atoms with Gasteiger partial charge in [-0.25, -0.2) is 0 Å². The first-order valence-corrected chi connectivity index (χ1v) is 3.57. The molecule has 0 radical (unpaired) electrons. The van der Waals surface area contributed by atoms with E-state index in [0.29, 0.717) is 0 Å². The molecule has 0 spiro atoms. The van der Waals surface area contributed by atoms with Gasteiger partial charge in [0, 0.05) is 6.04 Å².